The van der Waals surface area contributed by atoms with Crippen molar-refractivity contribution in [1.29, 1.82) is 0 Å². The van der Waals surface area contributed by atoms with Crippen molar-refractivity contribution in [2.75, 3.05) is 13.2 Å². The summed E-state index contributed by atoms with van der Waals surface area (Å²) in [6, 6.07) is 6.98. The summed E-state index contributed by atoms with van der Waals surface area (Å²) in [5, 5.41) is 12.2. The molecule has 5 nitrogen and oxygen atoms in total. The average molecular weight is 284 g/mol. The summed E-state index contributed by atoms with van der Waals surface area (Å²) < 4.78 is 5.07. The lowest BCUT2D eigenvalue weighted by molar-refractivity contribution is -0.147. The van der Waals surface area contributed by atoms with E-state index in [9.17, 15) is 14.7 Å². The molecule has 1 fully saturated rings. The Balaban J connectivity index is 2.05. The maximum Gasteiger partial charge on any atom is 0.331 e. The number of aliphatic carboxylic acids is 1. The lowest BCUT2D eigenvalue weighted by Crippen LogP contribution is -2.55. The number of ether oxygens (including phenoxy) is 1. The number of hydrogen-bond donors (Lipinski definition) is 2. The molecule has 19 heavy (non-hydrogen) atoms. The van der Waals surface area contributed by atoms with Gasteiger partial charge in [0.2, 0.25) is 5.91 Å². The molecular formula is C13H14ClNO4. The molecule has 2 rings (SSSR count). The van der Waals surface area contributed by atoms with Gasteiger partial charge >= 0.3 is 5.97 Å². The number of carbonyl (C=O) groups excluding carboxylic acids is 1. The number of amides is 1. The minimum Gasteiger partial charge on any atom is -0.479 e. The summed E-state index contributed by atoms with van der Waals surface area (Å²) in [5.41, 5.74) is -0.639. The summed E-state index contributed by atoms with van der Waals surface area (Å²) in [6.45, 7) is 0.329. The van der Waals surface area contributed by atoms with Crippen LogP contribution in [0.15, 0.2) is 24.3 Å². The van der Waals surface area contributed by atoms with Gasteiger partial charge in [-0.1, -0.05) is 29.8 Å². The van der Waals surface area contributed by atoms with Gasteiger partial charge in [0.05, 0.1) is 13.0 Å². The highest BCUT2D eigenvalue weighted by Gasteiger charge is 2.43. The largest absolute Gasteiger partial charge is 0.479 e. The van der Waals surface area contributed by atoms with Gasteiger partial charge in [0, 0.05) is 18.1 Å². The van der Waals surface area contributed by atoms with Crippen molar-refractivity contribution in [2.24, 2.45) is 0 Å². The van der Waals surface area contributed by atoms with E-state index in [1.165, 1.54) is 0 Å². The van der Waals surface area contributed by atoms with Crippen molar-refractivity contribution in [1.82, 2.24) is 5.32 Å². The smallest absolute Gasteiger partial charge is 0.331 e. The van der Waals surface area contributed by atoms with Crippen LogP contribution in [0.3, 0.4) is 0 Å². The third-order valence-electron chi connectivity index (χ3n) is 3.12. The molecule has 102 valence electrons. The van der Waals surface area contributed by atoms with Crippen molar-refractivity contribution >= 4 is 23.5 Å². The van der Waals surface area contributed by atoms with E-state index in [0.717, 1.165) is 0 Å². The second-order valence-corrected chi connectivity index (χ2v) is 4.91. The first kappa shape index (κ1) is 13.8. The number of halogens is 1. The average Bonchev–Trinajstić information content (AvgIpc) is 2.82. The van der Waals surface area contributed by atoms with E-state index >= 15 is 0 Å². The van der Waals surface area contributed by atoms with E-state index in [4.69, 9.17) is 16.3 Å². The predicted octanol–water partition coefficient (Wildman–Crippen LogP) is 1.24. The quantitative estimate of drug-likeness (QED) is 0.872. The number of benzene rings is 1. The first-order valence-electron chi connectivity index (χ1n) is 5.89. The zero-order chi connectivity index (χ0) is 13.9. The summed E-state index contributed by atoms with van der Waals surface area (Å²) in [6.07, 6.45) is 0.325. The summed E-state index contributed by atoms with van der Waals surface area (Å²) in [5.74, 6) is -1.45. The molecule has 1 unspecified atom stereocenters. The van der Waals surface area contributed by atoms with Gasteiger partial charge in [0.25, 0.3) is 0 Å². The van der Waals surface area contributed by atoms with Crippen LogP contribution in [0.5, 0.6) is 0 Å². The van der Waals surface area contributed by atoms with E-state index in [0.29, 0.717) is 17.2 Å². The Morgan fingerprint density at radius 3 is 2.74 bits per heavy atom. The molecule has 0 spiro atoms. The Kier molecular flexibility index (Phi) is 4.07. The molecule has 6 heteroatoms. The first-order chi connectivity index (χ1) is 9.03. The van der Waals surface area contributed by atoms with Gasteiger partial charge in [0.15, 0.2) is 5.54 Å². The summed E-state index contributed by atoms with van der Waals surface area (Å²) in [4.78, 5) is 23.2. The predicted molar refractivity (Wildman–Crippen MR) is 69.1 cm³/mol. The Hall–Kier alpha value is -1.59. The third-order valence-corrected chi connectivity index (χ3v) is 3.49. The molecule has 2 N–H and O–H groups in total. The van der Waals surface area contributed by atoms with E-state index in [2.05, 4.69) is 5.32 Å². The fraction of sp³-hybridized carbons (Fsp3) is 0.385. The molecule has 0 aliphatic carbocycles. The van der Waals surface area contributed by atoms with Crippen molar-refractivity contribution in [3.63, 3.8) is 0 Å². The molecule has 0 bridgehead atoms. The van der Waals surface area contributed by atoms with Gasteiger partial charge < -0.3 is 15.2 Å². The molecular weight excluding hydrogens is 270 g/mol. The molecule has 1 aromatic rings. The maximum atomic E-state index is 11.9. The topological polar surface area (TPSA) is 75.6 Å². The normalized spacial score (nSPS) is 22.2. The fourth-order valence-corrected chi connectivity index (χ4v) is 2.21. The van der Waals surface area contributed by atoms with Crippen LogP contribution in [0.1, 0.15) is 12.0 Å². The molecule has 1 amide bonds. The highest BCUT2D eigenvalue weighted by molar-refractivity contribution is 6.31. The van der Waals surface area contributed by atoms with Crippen LogP contribution in [-0.2, 0) is 20.7 Å². The summed E-state index contributed by atoms with van der Waals surface area (Å²) >= 11 is 5.96. The Bertz CT molecular complexity index is 497. The molecule has 1 aliphatic heterocycles. The summed E-state index contributed by atoms with van der Waals surface area (Å²) in [7, 11) is 0. The Morgan fingerprint density at radius 1 is 1.42 bits per heavy atom. The maximum absolute atomic E-state index is 11.9. The number of nitrogens with one attached hydrogen (secondary N) is 1. The van der Waals surface area contributed by atoms with Gasteiger partial charge in [-0.05, 0) is 11.6 Å². The van der Waals surface area contributed by atoms with Crippen LogP contribution < -0.4 is 5.32 Å². The van der Waals surface area contributed by atoms with Crippen molar-refractivity contribution in [3.8, 4) is 0 Å². The van der Waals surface area contributed by atoms with Crippen LogP contribution >= 0.6 is 11.6 Å². The number of carboxylic acid groups (broad SMARTS) is 1. The van der Waals surface area contributed by atoms with Crippen molar-refractivity contribution < 1.29 is 19.4 Å². The number of carbonyl (C=O) groups is 2. The second kappa shape index (κ2) is 5.59. The zero-order valence-corrected chi connectivity index (χ0v) is 10.9. The lowest BCUT2D eigenvalue weighted by Gasteiger charge is -2.23. The SMILES string of the molecule is O=C(Cc1ccccc1Cl)NC1(C(=O)O)CCOC1. The number of carboxylic acids is 1. The minimum absolute atomic E-state index is 0.00338. The van der Waals surface area contributed by atoms with E-state index in [1.54, 1.807) is 24.3 Å². The lowest BCUT2D eigenvalue weighted by atomic mass is 9.98. The van der Waals surface area contributed by atoms with Crippen LogP contribution in [0.4, 0.5) is 0 Å². The number of rotatable bonds is 4. The third kappa shape index (κ3) is 3.05. The Labute approximate surface area is 115 Å². The molecule has 0 saturated carbocycles. The molecule has 1 atom stereocenters. The monoisotopic (exact) mass is 283 g/mol. The van der Waals surface area contributed by atoms with Crippen LogP contribution in [0, 0.1) is 0 Å². The van der Waals surface area contributed by atoms with Crippen LogP contribution in [-0.4, -0.2) is 35.7 Å². The van der Waals surface area contributed by atoms with Crippen molar-refractivity contribution in [3.05, 3.63) is 34.9 Å². The van der Waals surface area contributed by atoms with E-state index in [1.807, 2.05) is 0 Å². The molecule has 0 radical (unpaired) electrons. The van der Waals surface area contributed by atoms with Gasteiger partial charge in [0.1, 0.15) is 0 Å². The highest BCUT2D eigenvalue weighted by atomic mass is 35.5. The molecule has 1 aliphatic rings. The van der Waals surface area contributed by atoms with Crippen LogP contribution in [0.25, 0.3) is 0 Å². The second-order valence-electron chi connectivity index (χ2n) is 4.51. The van der Waals surface area contributed by atoms with Crippen LogP contribution in [0.2, 0.25) is 5.02 Å². The molecule has 0 aromatic heterocycles. The molecule has 1 aromatic carbocycles. The highest BCUT2D eigenvalue weighted by Crippen LogP contribution is 2.20. The van der Waals surface area contributed by atoms with Gasteiger partial charge in [-0.25, -0.2) is 4.79 Å². The Morgan fingerprint density at radius 2 is 2.16 bits per heavy atom. The first-order valence-corrected chi connectivity index (χ1v) is 6.27. The fourth-order valence-electron chi connectivity index (χ4n) is 2.01. The van der Waals surface area contributed by atoms with Gasteiger partial charge in [-0.2, -0.15) is 0 Å². The number of hydrogen-bond acceptors (Lipinski definition) is 3. The molecule has 1 saturated heterocycles. The van der Waals surface area contributed by atoms with E-state index in [-0.39, 0.29) is 25.4 Å². The van der Waals surface area contributed by atoms with E-state index < -0.39 is 11.5 Å². The molecule has 1 heterocycles. The van der Waals surface area contributed by atoms with Crippen molar-refractivity contribution in [2.45, 2.75) is 18.4 Å². The standard InChI is InChI=1S/C13H14ClNO4/c14-10-4-2-1-3-9(10)7-11(16)15-13(12(17)18)5-6-19-8-13/h1-4H,5-8H2,(H,15,16)(H,17,18). The zero-order valence-electron chi connectivity index (χ0n) is 10.2. The minimum atomic E-state index is -1.31. The van der Waals surface area contributed by atoms with Gasteiger partial charge in [-0.3, -0.25) is 4.79 Å². The van der Waals surface area contributed by atoms with Gasteiger partial charge in [-0.15, -0.1) is 0 Å².